The summed E-state index contributed by atoms with van der Waals surface area (Å²) < 4.78 is 5.56. The number of rotatable bonds is 8. The zero-order valence-electron chi connectivity index (χ0n) is 19.2. The molecule has 2 aromatic carbocycles. The van der Waals surface area contributed by atoms with Crippen molar-refractivity contribution in [2.24, 2.45) is 4.99 Å². The summed E-state index contributed by atoms with van der Waals surface area (Å²) in [5.74, 6) is 1.76. The lowest BCUT2D eigenvalue weighted by atomic mass is 9.90. The molecule has 0 saturated heterocycles. The number of carbonyl (C=O) groups excluding carboxylic acids is 1. The molecule has 0 spiro atoms. The Labute approximate surface area is 208 Å². The lowest BCUT2D eigenvalue weighted by Gasteiger charge is -2.27. The summed E-state index contributed by atoms with van der Waals surface area (Å²) in [6, 6.07) is 16.1. The lowest BCUT2D eigenvalue weighted by molar-refractivity contribution is -0.116. The Hall–Kier alpha value is -2.33. The number of ether oxygens (including phenoxy) is 1. The van der Waals surface area contributed by atoms with Gasteiger partial charge in [-0.2, -0.15) is 0 Å². The van der Waals surface area contributed by atoms with E-state index in [2.05, 4.69) is 33.0 Å². The van der Waals surface area contributed by atoms with Crippen LogP contribution in [0.1, 0.15) is 36.4 Å². The summed E-state index contributed by atoms with van der Waals surface area (Å²) in [7, 11) is 5.79. The summed E-state index contributed by atoms with van der Waals surface area (Å²) in [6.07, 6.45) is 0.463. The first-order valence-electron chi connectivity index (χ1n) is 10.7. The highest BCUT2D eigenvalue weighted by Gasteiger charge is 2.25. The van der Waals surface area contributed by atoms with Crippen LogP contribution in [0.25, 0.3) is 0 Å². The standard InChI is InChI=1S/C24H33N5O2.HI/c1-5-25-24(26-15-17-14-23(30)28-20-12-8-6-10-18(17)20)27-16-21(29(2)3)19-11-7-9-13-22(19)31-4;/h6-13,17,21H,5,14-16H2,1-4H3,(H,28,30)(H2,25,26,27);1H. The molecule has 7 nitrogen and oxygen atoms in total. The quantitative estimate of drug-likeness (QED) is 0.266. The van der Waals surface area contributed by atoms with Gasteiger partial charge in [0.15, 0.2) is 5.96 Å². The largest absolute Gasteiger partial charge is 0.496 e. The van der Waals surface area contributed by atoms with Gasteiger partial charge in [0.25, 0.3) is 0 Å². The van der Waals surface area contributed by atoms with Gasteiger partial charge in [-0.15, -0.1) is 24.0 Å². The number of nitrogens with one attached hydrogen (secondary N) is 3. The molecule has 0 aromatic heterocycles. The number of nitrogens with zero attached hydrogens (tertiary/aromatic N) is 2. The highest BCUT2D eigenvalue weighted by Crippen LogP contribution is 2.31. The number of aliphatic imine (C=N–C) groups is 1. The number of hydrogen-bond donors (Lipinski definition) is 3. The van der Waals surface area contributed by atoms with E-state index >= 15 is 0 Å². The molecule has 3 N–H and O–H groups in total. The second kappa shape index (κ2) is 12.6. The van der Waals surface area contributed by atoms with Crippen LogP contribution in [-0.4, -0.2) is 57.6 Å². The highest BCUT2D eigenvalue weighted by molar-refractivity contribution is 14.0. The maximum absolute atomic E-state index is 12.1. The Morgan fingerprint density at radius 2 is 1.91 bits per heavy atom. The number of methoxy groups -OCH3 is 1. The van der Waals surface area contributed by atoms with Gasteiger partial charge in [0, 0.05) is 36.7 Å². The van der Waals surface area contributed by atoms with Crippen molar-refractivity contribution in [2.75, 3.05) is 46.2 Å². The fourth-order valence-corrected chi connectivity index (χ4v) is 3.90. The third kappa shape index (κ3) is 6.59. The summed E-state index contributed by atoms with van der Waals surface area (Å²) in [4.78, 5) is 19.1. The predicted molar refractivity (Wildman–Crippen MR) is 141 cm³/mol. The van der Waals surface area contributed by atoms with Gasteiger partial charge in [0.05, 0.1) is 19.7 Å². The molecule has 0 bridgehead atoms. The van der Waals surface area contributed by atoms with Gasteiger partial charge in [-0.25, -0.2) is 0 Å². The van der Waals surface area contributed by atoms with Crippen molar-refractivity contribution >= 4 is 41.5 Å². The molecule has 0 radical (unpaired) electrons. The monoisotopic (exact) mass is 551 g/mol. The molecule has 2 aromatic rings. The first kappa shape index (κ1) is 25.9. The first-order chi connectivity index (χ1) is 15.0. The van der Waals surface area contributed by atoms with Crippen molar-refractivity contribution < 1.29 is 9.53 Å². The minimum atomic E-state index is 0. The molecule has 0 saturated carbocycles. The predicted octanol–water partition coefficient (Wildman–Crippen LogP) is 3.60. The van der Waals surface area contributed by atoms with Crippen molar-refractivity contribution in [1.29, 1.82) is 0 Å². The third-order valence-electron chi connectivity index (χ3n) is 5.51. The van der Waals surface area contributed by atoms with Crippen molar-refractivity contribution in [2.45, 2.75) is 25.3 Å². The van der Waals surface area contributed by atoms with Crippen LogP contribution in [0.2, 0.25) is 0 Å². The molecule has 0 aliphatic carbocycles. The van der Waals surface area contributed by atoms with E-state index in [1.807, 2.05) is 57.4 Å². The van der Waals surface area contributed by atoms with E-state index in [1.165, 1.54) is 0 Å². The van der Waals surface area contributed by atoms with Crippen LogP contribution in [0, 0.1) is 0 Å². The second-order valence-corrected chi connectivity index (χ2v) is 7.86. The van der Waals surface area contributed by atoms with Gasteiger partial charge in [-0.1, -0.05) is 36.4 Å². The Bertz CT molecular complexity index is 919. The normalized spacial score (nSPS) is 16.5. The summed E-state index contributed by atoms with van der Waals surface area (Å²) >= 11 is 0. The van der Waals surface area contributed by atoms with Crippen LogP contribution in [0.3, 0.4) is 0 Å². The Morgan fingerprint density at radius 1 is 1.19 bits per heavy atom. The van der Waals surface area contributed by atoms with Crippen LogP contribution < -0.4 is 20.7 Å². The Balaban J connectivity index is 0.00000363. The molecule has 8 heteroatoms. The number of fused-ring (bicyclic) bond motifs is 1. The average molecular weight is 551 g/mol. The highest BCUT2D eigenvalue weighted by atomic mass is 127. The number of hydrogen-bond acceptors (Lipinski definition) is 4. The molecular weight excluding hydrogens is 517 g/mol. The molecule has 174 valence electrons. The molecule has 1 aliphatic rings. The molecule has 1 amide bonds. The zero-order valence-corrected chi connectivity index (χ0v) is 21.6. The van der Waals surface area contributed by atoms with Crippen molar-refractivity contribution in [3.05, 3.63) is 59.7 Å². The van der Waals surface area contributed by atoms with Crippen LogP contribution >= 0.6 is 24.0 Å². The van der Waals surface area contributed by atoms with E-state index in [0.29, 0.717) is 19.5 Å². The van der Waals surface area contributed by atoms with Crippen molar-refractivity contribution in [3.63, 3.8) is 0 Å². The smallest absolute Gasteiger partial charge is 0.225 e. The SMILES string of the molecule is CCNC(=NCC(c1ccccc1OC)N(C)C)NCC1CC(=O)Nc2ccccc21.I. The molecule has 2 atom stereocenters. The zero-order chi connectivity index (χ0) is 22.2. The Morgan fingerprint density at radius 3 is 2.62 bits per heavy atom. The number of anilines is 1. The molecule has 1 aliphatic heterocycles. The molecule has 3 rings (SSSR count). The molecule has 1 heterocycles. The fraction of sp³-hybridized carbons (Fsp3) is 0.417. The molecule has 0 fully saturated rings. The van der Waals surface area contributed by atoms with Crippen LogP contribution in [0.15, 0.2) is 53.5 Å². The first-order valence-corrected chi connectivity index (χ1v) is 10.7. The number of para-hydroxylation sites is 2. The van der Waals surface area contributed by atoms with Crippen LogP contribution in [0.5, 0.6) is 5.75 Å². The number of guanidine groups is 1. The van der Waals surface area contributed by atoms with E-state index in [0.717, 1.165) is 35.1 Å². The van der Waals surface area contributed by atoms with Gasteiger partial charge in [0.2, 0.25) is 5.91 Å². The number of amides is 1. The number of benzene rings is 2. The fourth-order valence-electron chi connectivity index (χ4n) is 3.90. The van der Waals surface area contributed by atoms with E-state index in [4.69, 9.17) is 9.73 Å². The van der Waals surface area contributed by atoms with Gasteiger partial charge >= 0.3 is 0 Å². The molecule has 32 heavy (non-hydrogen) atoms. The van der Waals surface area contributed by atoms with E-state index < -0.39 is 0 Å². The summed E-state index contributed by atoms with van der Waals surface area (Å²) in [6.45, 7) is 4.01. The van der Waals surface area contributed by atoms with Crippen LogP contribution in [0.4, 0.5) is 5.69 Å². The number of halogens is 1. The van der Waals surface area contributed by atoms with E-state index in [9.17, 15) is 4.79 Å². The minimum Gasteiger partial charge on any atom is -0.496 e. The van der Waals surface area contributed by atoms with Gasteiger partial charge in [0.1, 0.15) is 5.75 Å². The summed E-state index contributed by atoms with van der Waals surface area (Å²) in [5.41, 5.74) is 3.16. The Kier molecular flexibility index (Phi) is 10.2. The van der Waals surface area contributed by atoms with Crippen molar-refractivity contribution in [1.82, 2.24) is 15.5 Å². The molecular formula is C24H34IN5O2. The van der Waals surface area contributed by atoms with E-state index in [-0.39, 0.29) is 41.8 Å². The van der Waals surface area contributed by atoms with Gasteiger partial charge in [-0.05, 0) is 38.7 Å². The van der Waals surface area contributed by atoms with Gasteiger partial charge in [-0.3, -0.25) is 9.79 Å². The van der Waals surface area contributed by atoms with E-state index in [1.54, 1.807) is 7.11 Å². The lowest BCUT2D eigenvalue weighted by Crippen LogP contribution is -2.41. The molecule has 2 unspecified atom stereocenters. The third-order valence-corrected chi connectivity index (χ3v) is 5.51. The summed E-state index contributed by atoms with van der Waals surface area (Å²) in [5, 5.41) is 9.71. The topological polar surface area (TPSA) is 78.0 Å². The second-order valence-electron chi connectivity index (χ2n) is 7.86. The number of likely N-dealkylation sites (N-methyl/N-ethyl adjacent to an activating group) is 1. The van der Waals surface area contributed by atoms with Crippen LogP contribution in [-0.2, 0) is 4.79 Å². The van der Waals surface area contributed by atoms with Gasteiger partial charge < -0.3 is 25.6 Å². The maximum atomic E-state index is 12.1. The number of carbonyl (C=O) groups is 1. The maximum Gasteiger partial charge on any atom is 0.225 e. The van der Waals surface area contributed by atoms with Crippen molar-refractivity contribution in [3.8, 4) is 5.75 Å². The minimum absolute atomic E-state index is 0. The average Bonchev–Trinajstić information content (AvgIpc) is 2.77.